The van der Waals surface area contributed by atoms with Crippen LogP contribution in [0.1, 0.15) is 142 Å². The maximum absolute atomic E-state index is 3.66. The third-order valence-corrected chi connectivity index (χ3v) is 17.8. The van der Waals surface area contributed by atoms with E-state index in [1.807, 2.05) is 22.7 Å². The van der Waals surface area contributed by atoms with Gasteiger partial charge in [0.1, 0.15) is 0 Å². The molecule has 0 saturated heterocycles. The fraction of sp³-hybridized carbons (Fsp3) is 0.368. The largest absolute Gasteiger partial charge is 0.309 e. The third-order valence-electron chi connectivity index (χ3n) is 13.6. The van der Waals surface area contributed by atoms with Gasteiger partial charge in [-0.15, -0.1) is 34.0 Å². The van der Waals surface area contributed by atoms with Crippen molar-refractivity contribution >= 4 is 71.7 Å². The molecular formula is C57H62BrNS3. The molecule has 0 unspecified atom stereocenters. The number of benzene rings is 4. The first-order chi connectivity index (χ1) is 29.8. The molecule has 0 fully saturated rings. The number of nitrogens with zero attached hydrogens (tertiary/aromatic N) is 1. The standard InChI is InChI=1S/C57H62BrNS3/c1-9-11-13-15-31-57(32-16-14-12-10-2)45-33-37(49-25-26-50(60-49)51-27-28-52(61-51)53-29-30-54(58)62-53)17-21-41(45)42-22-20-40(36-46(42)57)59-47-23-18-38(55(3,4)5)34-43(47)44-35-39(56(6,7)8)19-24-48(44)59/h17-30,33-36H,9-16,31-32H2,1-8H3. The zero-order chi connectivity index (χ0) is 43.4. The topological polar surface area (TPSA) is 4.93 Å². The number of unbranched alkanes of at least 4 members (excludes halogenated alkanes) is 6. The summed E-state index contributed by atoms with van der Waals surface area (Å²) < 4.78 is 3.76. The molecule has 0 saturated carbocycles. The molecule has 1 aliphatic carbocycles. The Morgan fingerprint density at radius 1 is 0.484 bits per heavy atom. The summed E-state index contributed by atoms with van der Waals surface area (Å²) in [6.45, 7) is 18.7. The number of rotatable bonds is 14. The minimum Gasteiger partial charge on any atom is -0.309 e. The van der Waals surface area contributed by atoms with E-state index >= 15 is 0 Å². The van der Waals surface area contributed by atoms with E-state index in [0.717, 1.165) is 0 Å². The summed E-state index contributed by atoms with van der Waals surface area (Å²) in [5.74, 6) is 0. The van der Waals surface area contributed by atoms with Crippen LogP contribution < -0.4 is 0 Å². The Balaban J connectivity index is 1.18. The number of thiophene rings is 3. The van der Waals surface area contributed by atoms with Crippen molar-refractivity contribution in [3.05, 3.63) is 135 Å². The lowest BCUT2D eigenvalue weighted by Crippen LogP contribution is -2.26. The van der Waals surface area contributed by atoms with E-state index in [-0.39, 0.29) is 16.2 Å². The van der Waals surface area contributed by atoms with Gasteiger partial charge >= 0.3 is 0 Å². The van der Waals surface area contributed by atoms with Gasteiger partial charge in [0.2, 0.25) is 0 Å². The van der Waals surface area contributed by atoms with Crippen LogP contribution >= 0.6 is 49.9 Å². The van der Waals surface area contributed by atoms with Crippen LogP contribution in [-0.2, 0) is 16.2 Å². The lowest BCUT2D eigenvalue weighted by atomic mass is 9.70. The Kier molecular flexibility index (Phi) is 12.2. The fourth-order valence-electron chi connectivity index (χ4n) is 10.1. The van der Waals surface area contributed by atoms with Crippen LogP contribution in [0.3, 0.4) is 0 Å². The van der Waals surface area contributed by atoms with Crippen LogP contribution in [0.5, 0.6) is 0 Å². The molecule has 9 rings (SSSR count). The van der Waals surface area contributed by atoms with Crippen molar-refractivity contribution in [1.82, 2.24) is 4.57 Å². The van der Waals surface area contributed by atoms with Crippen LogP contribution in [0.4, 0.5) is 0 Å². The molecular weight excluding hydrogens is 875 g/mol. The molecule has 8 aromatic rings. The molecule has 0 atom stereocenters. The second-order valence-corrected chi connectivity index (χ2v) is 24.6. The third kappa shape index (κ3) is 8.14. The molecule has 62 heavy (non-hydrogen) atoms. The predicted octanol–water partition coefficient (Wildman–Crippen LogP) is 19.5. The minimum absolute atomic E-state index is 0.0343. The second-order valence-electron chi connectivity index (χ2n) is 19.9. The van der Waals surface area contributed by atoms with Crippen LogP contribution in [0.25, 0.3) is 68.6 Å². The van der Waals surface area contributed by atoms with Crippen molar-refractivity contribution in [3.63, 3.8) is 0 Å². The van der Waals surface area contributed by atoms with Gasteiger partial charge in [0, 0.05) is 46.3 Å². The van der Waals surface area contributed by atoms with Gasteiger partial charge in [0.15, 0.2) is 0 Å². The number of fused-ring (bicyclic) bond motifs is 6. The SMILES string of the molecule is CCCCCCC1(CCCCCC)c2cc(-c3ccc(-c4ccc(-c5ccc(Br)s5)s4)s3)ccc2-c2ccc(-n3c4ccc(C(C)(C)C)cc4c4cc(C(C)(C)C)ccc43)cc21. The first-order valence-corrected chi connectivity index (χ1v) is 26.4. The summed E-state index contributed by atoms with van der Waals surface area (Å²) in [4.78, 5) is 6.71. The monoisotopic (exact) mass is 935 g/mol. The molecule has 0 bridgehead atoms. The molecule has 4 aromatic heterocycles. The molecule has 4 heterocycles. The number of halogens is 1. The van der Waals surface area contributed by atoms with Gasteiger partial charge < -0.3 is 4.57 Å². The van der Waals surface area contributed by atoms with E-state index in [0.29, 0.717) is 0 Å². The van der Waals surface area contributed by atoms with Gasteiger partial charge in [-0.1, -0.05) is 137 Å². The van der Waals surface area contributed by atoms with Crippen LogP contribution in [0, 0.1) is 0 Å². The molecule has 4 aromatic carbocycles. The van der Waals surface area contributed by atoms with Gasteiger partial charge in [0.25, 0.3) is 0 Å². The van der Waals surface area contributed by atoms with Gasteiger partial charge in [-0.2, -0.15) is 0 Å². The molecule has 1 nitrogen and oxygen atoms in total. The van der Waals surface area contributed by atoms with Crippen molar-refractivity contribution in [2.75, 3.05) is 0 Å². The zero-order valence-corrected chi connectivity index (χ0v) is 42.0. The molecule has 0 radical (unpaired) electrons. The fourth-order valence-corrected chi connectivity index (χ4v) is 13.6. The highest BCUT2D eigenvalue weighted by Crippen LogP contribution is 2.56. The first-order valence-electron chi connectivity index (χ1n) is 23.1. The second kappa shape index (κ2) is 17.3. The normalized spacial score (nSPS) is 13.7. The van der Waals surface area contributed by atoms with E-state index in [9.17, 15) is 0 Å². The summed E-state index contributed by atoms with van der Waals surface area (Å²) in [6.07, 6.45) is 12.6. The number of hydrogen-bond donors (Lipinski definition) is 0. The van der Waals surface area contributed by atoms with Gasteiger partial charge in [0.05, 0.1) is 14.8 Å². The molecule has 320 valence electrons. The summed E-state index contributed by atoms with van der Waals surface area (Å²) in [6, 6.07) is 43.2. The Labute approximate surface area is 391 Å². The van der Waals surface area contributed by atoms with Gasteiger partial charge in [-0.3, -0.25) is 0 Å². The zero-order valence-electron chi connectivity index (χ0n) is 38.0. The van der Waals surface area contributed by atoms with Crippen molar-refractivity contribution in [1.29, 1.82) is 0 Å². The molecule has 0 amide bonds. The van der Waals surface area contributed by atoms with E-state index in [2.05, 4.69) is 185 Å². The van der Waals surface area contributed by atoms with E-state index in [1.165, 1.54) is 148 Å². The highest BCUT2D eigenvalue weighted by molar-refractivity contribution is 9.11. The highest BCUT2D eigenvalue weighted by Gasteiger charge is 2.43. The highest BCUT2D eigenvalue weighted by atomic mass is 79.9. The van der Waals surface area contributed by atoms with Crippen LogP contribution in [0.15, 0.2) is 113 Å². The van der Waals surface area contributed by atoms with Crippen LogP contribution in [-0.4, -0.2) is 4.57 Å². The van der Waals surface area contributed by atoms with Gasteiger partial charge in [-0.05, 0) is 157 Å². The molecule has 0 spiro atoms. The average molecular weight is 937 g/mol. The number of hydrogen-bond acceptors (Lipinski definition) is 3. The lowest BCUT2D eigenvalue weighted by Gasteiger charge is -2.33. The maximum Gasteiger partial charge on any atom is 0.0705 e. The summed E-state index contributed by atoms with van der Waals surface area (Å²) in [5, 5.41) is 2.71. The Morgan fingerprint density at radius 2 is 0.968 bits per heavy atom. The summed E-state index contributed by atoms with van der Waals surface area (Å²) >= 11 is 9.31. The van der Waals surface area contributed by atoms with E-state index in [1.54, 1.807) is 22.5 Å². The Morgan fingerprint density at radius 3 is 1.48 bits per heavy atom. The number of aromatic nitrogens is 1. The van der Waals surface area contributed by atoms with Crippen molar-refractivity contribution in [2.45, 2.75) is 136 Å². The Bertz CT molecular complexity index is 2800. The lowest BCUT2D eigenvalue weighted by molar-refractivity contribution is 0.401. The summed E-state index contributed by atoms with van der Waals surface area (Å²) in [7, 11) is 0. The minimum atomic E-state index is -0.0343. The average Bonchev–Trinajstić information content (AvgIpc) is 4.10. The molecule has 0 N–H and O–H groups in total. The van der Waals surface area contributed by atoms with E-state index < -0.39 is 0 Å². The van der Waals surface area contributed by atoms with Crippen molar-refractivity contribution in [3.8, 4) is 46.8 Å². The van der Waals surface area contributed by atoms with Crippen LogP contribution in [0.2, 0.25) is 0 Å². The van der Waals surface area contributed by atoms with Crippen molar-refractivity contribution < 1.29 is 0 Å². The summed E-state index contributed by atoms with van der Waals surface area (Å²) in [5.41, 5.74) is 14.1. The predicted molar refractivity (Wildman–Crippen MR) is 280 cm³/mol. The molecule has 0 aliphatic heterocycles. The van der Waals surface area contributed by atoms with E-state index in [4.69, 9.17) is 0 Å². The molecule has 5 heteroatoms. The Hall–Kier alpha value is -3.74. The van der Waals surface area contributed by atoms with Gasteiger partial charge in [-0.25, -0.2) is 0 Å². The molecule has 1 aliphatic rings. The first kappa shape index (κ1) is 43.5. The smallest absolute Gasteiger partial charge is 0.0705 e. The quantitative estimate of drug-likeness (QED) is 0.0958. The van der Waals surface area contributed by atoms with Crippen molar-refractivity contribution in [2.24, 2.45) is 0 Å². The maximum atomic E-state index is 3.66.